The highest BCUT2D eigenvalue weighted by atomic mass is 35.5. The number of carbonyl (C=O) groups excluding carboxylic acids is 2. The molecule has 2 amide bonds. The van der Waals surface area contributed by atoms with Gasteiger partial charge in [-0.1, -0.05) is 92.2 Å². The van der Waals surface area contributed by atoms with E-state index in [4.69, 9.17) is 11.6 Å². The largest absolute Gasteiger partial charge is 0.354 e. The van der Waals surface area contributed by atoms with Gasteiger partial charge in [-0.2, -0.15) is 0 Å². The molecule has 0 radical (unpaired) electrons. The fourth-order valence-electron chi connectivity index (χ4n) is 5.15. The van der Waals surface area contributed by atoms with E-state index in [9.17, 15) is 18.0 Å². The zero-order valence-corrected chi connectivity index (χ0v) is 27.7. The van der Waals surface area contributed by atoms with Crippen molar-refractivity contribution in [1.29, 1.82) is 0 Å². The Kier molecular flexibility index (Phi) is 11.4. The summed E-state index contributed by atoms with van der Waals surface area (Å²) in [6.07, 6.45) is 0.242. The number of rotatable bonds is 13. The van der Waals surface area contributed by atoms with Crippen LogP contribution in [0.1, 0.15) is 36.1 Å². The number of aryl methyl sites for hydroxylation is 2. The lowest BCUT2D eigenvalue weighted by molar-refractivity contribution is -0.140. The topological polar surface area (TPSA) is 86.8 Å². The van der Waals surface area contributed by atoms with Crippen LogP contribution in [0.5, 0.6) is 0 Å². The van der Waals surface area contributed by atoms with Crippen molar-refractivity contribution in [3.8, 4) is 0 Å². The van der Waals surface area contributed by atoms with Gasteiger partial charge in [-0.15, -0.1) is 0 Å². The van der Waals surface area contributed by atoms with Gasteiger partial charge in [0.1, 0.15) is 12.6 Å². The number of nitrogens with one attached hydrogen (secondary N) is 1. The van der Waals surface area contributed by atoms with E-state index in [0.29, 0.717) is 17.3 Å². The van der Waals surface area contributed by atoms with Gasteiger partial charge in [-0.05, 0) is 78.4 Å². The zero-order valence-electron chi connectivity index (χ0n) is 26.1. The second-order valence-electron chi connectivity index (χ2n) is 11.7. The molecule has 0 spiro atoms. The molecule has 45 heavy (non-hydrogen) atoms. The number of sulfonamides is 1. The van der Waals surface area contributed by atoms with Gasteiger partial charge in [0.25, 0.3) is 10.0 Å². The van der Waals surface area contributed by atoms with Gasteiger partial charge < -0.3 is 10.2 Å². The molecule has 0 saturated heterocycles. The van der Waals surface area contributed by atoms with Crippen molar-refractivity contribution in [1.82, 2.24) is 10.2 Å². The van der Waals surface area contributed by atoms with E-state index in [1.807, 2.05) is 70.2 Å². The highest BCUT2D eigenvalue weighted by Gasteiger charge is 2.34. The molecular formula is C36H40ClN3O4S. The van der Waals surface area contributed by atoms with Gasteiger partial charge in [0, 0.05) is 24.5 Å². The molecule has 4 aromatic rings. The fourth-order valence-corrected chi connectivity index (χ4v) is 6.78. The lowest BCUT2D eigenvalue weighted by Gasteiger charge is -2.34. The van der Waals surface area contributed by atoms with Gasteiger partial charge in [0.2, 0.25) is 11.8 Å². The zero-order chi connectivity index (χ0) is 32.6. The lowest BCUT2D eigenvalue weighted by Crippen LogP contribution is -2.53. The predicted molar refractivity (Wildman–Crippen MR) is 181 cm³/mol. The fraction of sp³-hybridized carbons (Fsp3) is 0.278. The Balaban J connectivity index is 1.82. The minimum absolute atomic E-state index is 0.0536. The maximum absolute atomic E-state index is 14.5. The third-order valence-electron chi connectivity index (χ3n) is 7.30. The molecule has 1 atom stereocenters. The molecule has 4 rings (SSSR count). The van der Waals surface area contributed by atoms with Crippen LogP contribution in [0.2, 0.25) is 5.02 Å². The van der Waals surface area contributed by atoms with E-state index in [-0.39, 0.29) is 29.7 Å². The van der Waals surface area contributed by atoms with Crippen LogP contribution >= 0.6 is 11.6 Å². The Bertz CT molecular complexity index is 1690. The molecule has 0 heterocycles. The lowest BCUT2D eigenvalue weighted by atomic mass is 10.0. The average molecular weight is 646 g/mol. The summed E-state index contributed by atoms with van der Waals surface area (Å²) in [7, 11) is -4.16. The molecule has 4 aromatic carbocycles. The summed E-state index contributed by atoms with van der Waals surface area (Å²) in [5, 5.41) is 3.49. The van der Waals surface area contributed by atoms with Gasteiger partial charge in [0.15, 0.2) is 0 Å². The monoisotopic (exact) mass is 645 g/mol. The van der Waals surface area contributed by atoms with Crippen molar-refractivity contribution < 1.29 is 18.0 Å². The molecular weight excluding hydrogens is 606 g/mol. The van der Waals surface area contributed by atoms with Crippen molar-refractivity contribution in [2.45, 2.75) is 51.6 Å². The van der Waals surface area contributed by atoms with Gasteiger partial charge in [-0.3, -0.25) is 13.9 Å². The van der Waals surface area contributed by atoms with E-state index in [1.54, 1.807) is 48.5 Å². The molecule has 9 heteroatoms. The van der Waals surface area contributed by atoms with Crippen LogP contribution < -0.4 is 9.62 Å². The third-order valence-corrected chi connectivity index (χ3v) is 9.33. The Morgan fingerprint density at radius 1 is 0.800 bits per heavy atom. The van der Waals surface area contributed by atoms with Crippen LogP contribution in [-0.2, 0) is 32.6 Å². The van der Waals surface area contributed by atoms with Crippen LogP contribution in [-0.4, -0.2) is 44.3 Å². The van der Waals surface area contributed by atoms with E-state index < -0.39 is 28.5 Å². The number of benzene rings is 4. The first-order valence-corrected chi connectivity index (χ1v) is 16.8. The van der Waals surface area contributed by atoms with Crippen molar-refractivity contribution in [3.05, 3.63) is 130 Å². The maximum Gasteiger partial charge on any atom is 0.264 e. The Morgan fingerprint density at radius 2 is 1.40 bits per heavy atom. The molecule has 1 N–H and O–H groups in total. The van der Waals surface area contributed by atoms with Gasteiger partial charge in [-0.25, -0.2) is 8.42 Å². The summed E-state index contributed by atoms with van der Waals surface area (Å²) >= 11 is 6.32. The highest BCUT2D eigenvalue weighted by Crippen LogP contribution is 2.27. The summed E-state index contributed by atoms with van der Waals surface area (Å²) < 4.78 is 29.4. The summed E-state index contributed by atoms with van der Waals surface area (Å²) in [5.74, 6) is -0.638. The number of hydrogen-bond donors (Lipinski definition) is 1. The number of nitrogens with zero attached hydrogens (tertiary/aromatic N) is 2. The predicted octanol–water partition coefficient (Wildman–Crippen LogP) is 6.56. The quantitative estimate of drug-likeness (QED) is 0.178. The molecule has 0 aliphatic carbocycles. The van der Waals surface area contributed by atoms with Crippen LogP contribution in [0.25, 0.3) is 0 Å². The first-order chi connectivity index (χ1) is 21.4. The standard InChI is InChI=1S/C36H40ClN3O4S/c1-26(2)23-38-36(42)34(22-29-12-7-5-8-13-29)39(24-30-14-11-15-31(37)21-30)35(41)25-40(32-19-27(3)18-28(4)20-32)45(43,44)33-16-9-6-10-17-33/h5-21,26,34H,22-25H2,1-4H3,(H,38,42)/t34-/m1/s1. The van der Waals surface area contributed by atoms with E-state index in [1.165, 1.54) is 17.0 Å². The Labute approximate surface area is 271 Å². The summed E-state index contributed by atoms with van der Waals surface area (Å²) in [6.45, 7) is 7.73. The number of carbonyl (C=O) groups is 2. The molecule has 0 fully saturated rings. The Hall–Kier alpha value is -4.14. The molecule has 0 saturated carbocycles. The second-order valence-corrected chi connectivity index (χ2v) is 14.0. The van der Waals surface area contributed by atoms with Crippen LogP contribution in [0, 0.1) is 19.8 Å². The molecule has 0 bridgehead atoms. The average Bonchev–Trinajstić information content (AvgIpc) is 3.00. The van der Waals surface area contributed by atoms with E-state index in [2.05, 4.69) is 5.32 Å². The summed E-state index contributed by atoms with van der Waals surface area (Å²) in [6, 6.07) is 29.2. The van der Waals surface area contributed by atoms with Crippen molar-refractivity contribution in [2.24, 2.45) is 5.92 Å². The van der Waals surface area contributed by atoms with Crippen LogP contribution in [0.4, 0.5) is 5.69 Å². The molecule has 0 aliphatic heterocycles. The molecule has 7 nitrogen and oxygen atoms in total. The number of amides is 2. The molecule has 236 valence electrons. The molecule has 0 aliphatic rings. The summed E-state index contributed by atoms with van der Waals surface area (Å²) in [5.41, 5.74) is 3.67. The summed E-state index contributed by atoms with van der Waals surface area (Å²) in [4.78, 5) is 29.9. The van der Waals surface area contributed by atoms with Crippen molar-refractivity contribution in [3.63, 3.8) is 0 Å². The van der Waals surface area contributed by atoms with E-state index >= 15 is 0 Å². The maximum atomic E-state index is 14.5. The van der Waals surface area contributed by atoms with E-state index in [0.717, 1.165) is 26.6 Å². The van der Waals surface area contributed by atoms with Crippen molar-refractivity contribution in [2.75, 3.05) is 17.4 Å². The highest BCUT2D eigenvalue weighted by molar-refractivity contribution is 7.92. The van der Waals surface area contributed by atoms with Gasteiger partial charge in [0.05, 0.1) is 10.6 Å². The smallest absolute Gasteiger partial charge is 0.264 e. The first kappa shape index (κ1) is 33.7. The minimum Gasteiger partial charge on any atom is -0.354 e. The molecule has 0 unspecified atom stereocenters. The second kappa shape index (κ2) is 15.2. The minimum atomic E-state index is -4.16. The molecule has 0 aromatic heterocycles. The first-order valence-electron chi connectivity index (χ1n) is 15.0. The van der Waals surface area contributed by atoms with Crippen LogP contribution in [0.15, 0.2) is 108 Å². The van der Waals surface area contributed by atoms with Gasteiger partial charge >= 0.3 is 0 Å². The number of halogens is 1. The Morgan fingerprint density at radius 3 is 2.00 bits per heavy atom. The third kappa shape index (κ3) is 9.19. The SMILES string of the molecule is Cc1cc(C)cc(N(CC(=O)N(Cc2cccc(Cl)c2)[C@H](Cc2ccccc2)C(=O)NCC(C)C)S(=O)(=O)c2ccccc2)c1. The van der Waals surface area contributed by atoms with Crippen LogP contribution in [0.3, 0.4) is 0 Å². The number of anilines is 1. The normalized spacial score (nSPS) is 12.0. The number of hydrogen-bond acceptors (Lipinski definition) is 4. The van der Waals surface area contributed by atoms with Crippen molar-refractivity contribution >= 4 is 39.1 Å².